The van der Waals surface area contributed by atoms with Gasteiger partial charge < -0.3 is 25.0 Å². The van der Waals surface area contributed by atoms with Crippen LogP contribution in [0.5, 0.6) is 0 Å². The van der Waals surface area contributed by atoms with Gasteiger partial charge in [0, 0.05) is 26.6 Å². The second kappa shape index (κ2) is 13.0. The molecule has 0 spiro atoms. The summed E-state index contributed by atoms with van der Waals surface area (Å²) in [5, 5.41) is 5.98. The first kappa shape index (κ1) is 31.7. The van der Waals surface area contributed by atoms with Gasteiger partial charge in [-0.05, 0) is 95.9 Å². The number of carbonyl (C=O) groups is 4. The maximum absolute atomic E-state index is 14.1. The third-order valence-electron chi connectivity index (χ3n) is 8.71. The van der Waals surface area contributed by atoms with E-state index in [0.29, 0.717) is 25.7 Å². The highest BCUT2D eigenvalue weighted by molar-refractivity contribution is 5.94. The molecule has 6 atom stereocenters. The molecule has 10 nitrogen and oxygen atoms in total. The molecule has 0 saturated carbocycles. The molecule has 2 fully saturated rings. The molecule has 0 bridgehead atoms. The number of halogens is 1. The van der Waals surface area contributed by atoms with Gasteiger partial charge in [-0.15, -0.1) is 0 Å². The Hall–Kier alpha value is -3.21. The van der Waals surface area contributed by atoms with Gasteiger partial charge in [0.05, 0.1) is 12.1 Å². The van der Waals surface area contributed by atoms with Crippen LogP contribution in [0.1, 0.15) is 89.8 Å². The fraction of sp³-hybridized carbons (Fsp3) is 0.677. The number of amides is 4. The van der Waals surface area contributed by atoms with Crippen molar-refractivity contribution in [1.82, 2.24) is 20.4 Å². The number of benzene rings is 1. The summed E-state index contributed by atoms with van der Waals surface area (Å²) < 4.78 is 24.8. The van der Waals surface area contributed by atoms with Gasteiger partial charge in [0.1, 0.15) is 29.5 Å². The molecule has 3 aliphatic rings. The van der Waals surface area contributed by atoms with Crippen molar-refractivity contribution in [3.8, 4) is 0 Å². The Morgan fingerprint density at radius 1 is 1.07 bits per heavy atom. The SMILES string of the molecule is COC1CC[C@H]2CC[C@@H](C(=O)N[C@@H]3CCCc4cc(F)ccc43)N2C(=O)[C@@H](NC(=O)[C@H](C)N(C)C(=O)OC(C)(C)C)C1. The number of ether oxygens (including phenoxy) is 2. The van der Waals surface area contributed by atoms with E-state index in [1.165, 1.54) is 24.1 Å². The zero-order chi connectivity index (χ0) is 30.8. The van der Waals surface area contributed by atoms with Crippen LogP contribution < -0.4 is 10.6 Å². The summed E-state index contributed by atoms with van der Waals surface area (Å²) >= 11 is 0. The largest absolute Gasteiger partial charge is 0.444 e. The molecule has 1 aromatic rings. The summed E-state index contributed by atoms with van der Waals surface area (Å²) in [4.78, 5) is 56.4. The molecule has 42 heavy (non-hydrogen) atoms. The molecule has 2 saturated heterocycles. The van der Waals surface area contributed by atoms with Crippen molar-refractivity contribution in [2.45, 2.75) is 121 Å². The number of hydrogen-bond acceptors (Lipinski definition) is 6. The van der Waals surface area contributed by atoms with E-state index in [-0.39, 0.29) is 42.2 Å². The molecule has 0 aromatic heterocycles. The molecule has 1 aromatic carbocycles. The maximum Gasteiger partial charge on any atom is 0.410 e. The lowest BCUT2D eigenvalue weighted by molar-refractivity contribution is -0.146. The number of likely N-dealkylation sites (N-methyl/N-ethyl adjacent to an activating group) is 1. The van der Waals surface area contributed by atoms with E-state index in [0.717, 1.165) is 30.4 Å². The van der Waals surface area contributed by atoms with E-state index in [1.54, 1.807) is 45.8 Å². The Morgan fingerprint density at radius 2 is 1.79 bits per heavy atom. The van der Waals surface area contributed by atoms with E-state index in [1.807, 2.05) is 0 Å². The first-order valence-corrected chi connectivity index (χ1v) is 15.0. The van der Waals surface area contributed by atoms with Crippen LogP contribution in [0.4, 0.5) is 9.18 Å². The number of nitrogens with one attached hydrogen (secondary N) is 2. The van der Waals surface area contributed by atoms with Crippen molar-refractivity contribution >= 4 is 23.8 Å². The van der Waals surface area contributed by atoms with Crippen molar-refractivity contribution in [2.75, 3.05) is 14.2 Å². The van der Waals surface area contributed by atoms with E-state index in [2.05, 4.69) is 10.6 Å². The minimum atomic E-state index is -0.925. The van der Waals surface area contributed by atoms with Gasteiger partial charge in [0.15, 0.2) is 0 Å². The van der Waals surface area contributed by atoms with Crippen molar-refractivity contribution < 1.29 is 33.0 Å². The highest BCUT2D eigenvalue weighted by Crippen LogP contribution is 2.34. The Bertz CT molecular complexity index is 1190. The van der Waals surface area contributed by atoms with Crippen molar-refractivity contribution in [3.63, 3.8) is 0 Å². The average molecular weight is 589 g/mol. The lowest BCUT2D eigenvalue weighted by atomic mass is 9.87. The number of nitrogens with zero attached hydrogens (tertiary/aromatic N) is 2. The fourth-order valence-corrected chi connectivity index (χ4v) is 6.29. The molecule has 0 radical (unpaired) electrons. The number of methoxy groups -OCH3 is 1. The number of rotatable bonds is 6. The lowest BCUT2D eigenvalue weighted by Crippen LogP contribution is -2.59. The molecule has 11 heteroatoms. The first-order valence-electron chi connectivity index (χ1n) is 15.0. The minimum Gasteiger partial charge on any atom is -0.444 e. The normalized spacial score (nSPS) is 26.7. The molecule has 4 amide bonds. The summed E-state index contributed by atoms with van der Waals surface area (Å²) in [6, 6.07) is 1.78. The monoisotopic (exact) mass is 588 g/mol. The van der Waals surface area contributed by atoms with E-state index >= 15 is 0 Å². The molecule has 1 aliphatic carbocycles. The van der Waals surface area contributed by atoms with Gasteiger partial charge in [-0.3, -0.25) is 19.3 Å². The summed E-state index contributed by atoms with van der Waals surface area (Å²) in [6.07, 6.45) is 4.26. The standard InChI is InChI=1S/C31H45FN4O6/c1-18(35(5)30(40)42-31(2,3)4)27(37)34-25-17-22(41-6)13-11-21-12-15-26(36(21)29(25)39)28(38)33-24-9-7-8-19-16-20(32)10-14-23(19)24/h10,14,16,18,21-22,24-26H,7-9,11-13,15,17H2,1-6H3,(H,33,38)(H,34,37)/t18-,21-,22?,24+,25-,26-/m0/s1. The van der Waals surface area contributed by atoms with Crippen LogP contribution in [0.25, 0.3) is 0 Å². The van der Waals surface area contributed by atoms with Crippen LogP contribution in [0, 0.1) is 5.82 Å². The van der Waals surface area contributed by atoms with Crippen LogP contribution in [0.15, 0.2) is 18.2 Å². The van der Waals surface area contributed by atoms with Crippen LogP contribution in [0.2, 0.25) is 0 Å². The summed E-state index contributed by atoms with van der Waals surface area (Å²) in [5.41, 5.74) is 1.09. The van der Waals surface area contributed by atoms with Crippen LogP contribution in [0.3, 0.4) is 0 Å². The second-order valence-electron chi connectivity index (χ2n) is 12.8. The molecule has 1 unspecified atom stereocenters. The zero-order valence-electron chi connectivity index (χ0n) is 25.6. The molecule has 232 valence electrons. The third kappa shape index (κ3) is 7.22. The van der Waals surface area contributed by atoms with Crippen LogP contribution in [-0.2, 0) is 30.3 Å². The summed E-state index contributed by atoms with van der Waals surface area (Å²) in [5.74, 6) is -1.36. The molecule has 2 aliphatic heterocycles. The Kier molecular flexibility index (Phi) is 9.80. The van der Waals surface area contributed by atoms with Crippen molar-refractivity contribution in [1.29, 1.82) is 0 Å². The number of aryl methyl sites for hydroxylation is 1. The van der Waals surface area contributed by atoms with Crippen LogP contribution in [-0.4, -0.2) is 83.6 Å². The molecular formula is C31H45FN4O6. The number of carbonyl (C=O) groups excluding carboxylic acids is 4. The average Bonchev–Trinajstić information content (AvgIpc) is 3.35. The van der Waals surface area contributed by atoms with Crippen molar-refractivity contribution in [2.24, 2.45) is 0 Å². The topological polar surface area (TPSA) is 117 Å². The van der Waals surface area contributed by atoms with E-state index in [9.17, 15) is 23.6 Å². The minimum absolute atomic E-state index is 0.153. The van der Waals surface area contributed by atoms with Crippen molar-refractivity contribution in [3.05, 3.63) is 35.1 Å². The predicted molar refractivity (Wildman–Crippen MR) is 154 cm³/mol. The third-order valence-corrected chi connectivity index (χ3v) is 8.71. The van der Waals surface area contributed by atoms with Crippen LogP contribution >= 0.6 is 0 Å². The summed E-state index contributed by atoms with van der Waals surface area (Å²) in [6.45, 7) is 6.80. The Morgan fingerprint density at radius 3 is 2.48 bits per heavy atom. The van der Waals surface area contributed by atoms with Gasteiger partial charge >= 0.3 is 6.09 Å². The van der Waals surface area contributed by atoms with E-state index < -0.39 is 35.7 Å². The maximum atomic E-state index is 14.1. The van der Waals surface area contributed by atoms with Gasteiger partial charge in [0.25, 0.3) is 0 Å². The summed E-state index contributed by atoms with van der Waals surface area (Å²) in [7, 11) is 3.07. The quantitative estimate of drug-likeness (QED) is 0.525. The zero-order valence-corrected chi connectivity index (χ0v) is 25.6. The van der Waals surface area contributed by atoms with Gasteiger partial charge in [-0.2, -0.15) is 0 Å². The Balaban J connectivity index is 1.49. The van der Waals surface area contributed by atoms with Gasteiger partial charge in [-0.1, -0.05) is 6.07 Å². The molecule has 2 heterocycles. The first-order chi connectivity index (χ1) is 19.8. The molecule has 4 rings (SSSR count). The second-order valence-corrected chi connectivity index (χ2v) is 12.8. The molecular weight excluding hydrogens is 543 g/mol. The molecule has 2 N–H and O–H groups in total. The van der Waals surface area contributed by atoms with E-state index in [4.69, 9.17) is 9.47 Å². The number of fused-ring (bicyclic) bond motifs is 2. The van der Waals surface area contributed by atoms with Gasteiger partial charge in [-0.25, -0.2) is 9.18 Å². The highest BCUT2D eigenvalue weighted by Gasteiger charge is 2.46. The van der Waals surface area contributed by atoms with Gasteiger partial charge in [0.2, 0.25) is 17.7 Å². The fourth-order valence-electron chi connectivity index (χ4n) is 6.29. The predicted octanol–water partition coefficient (Wildman–Crippen LogP) is 3.62. The highest BCUT2D eigenvalue weighted by atomic mass is 19.1. The smallest absolute Gasteiger partial charge is 0.410 e. The number of hydrogen-bond donors (Lipinski definition) is 2. The lowest BCUT2D eigenvalue weighted by Gasteiger charge is -2.38. The Labute approximate surface area is 247 Å².